The van der Waals surface area contributed by atoms with Gasteiger partial charge in [-0.15, -0.1) is 0 Å². The quantitative estimate of drug-likeness (QED) is 0.701. The summed E-state index contributed by atoms with van der Waals surface area (Å²) in [6, 6.07) is 0. The minimum atomic E-state index is 0.243. The normalized spacial score (nSPS) is 23.4. The zero-order valence-electron chi connectivity index (χ0n) is 10.7. The molecular formula is C14H25NOS. The van der Waals surface area contributed by atoms with Crippen LogP contribution in [0.15, 0.2) is 0 Å². The van der Waals surface area contributed by atoms with Crippen LogP contribution in [0.2, 0.25) is 0 Å². The molecule has 2 rings (SSSR count). The smallest absolute Gasteiger partial charge is 0.220 e. The highest BCUT2D eigenvalue weighted by atomic mass is 32.1. The number of rotatable bonds is 6. The molecule has 0 bridgehead atoms. The van der Waals surface area contributed by atoms with Crippen molar-refractivity contribution in [2.24, 2.45) is 11.3 Å². The van der Waals surface area contributed by atoms with Crippen molar-refractivity contribution in [1.29, 1.82) is 0 Å². The lowest BCUT2D eigenvalue weighted by Crippen LogP contribution is -2.29. The molecule has 0 saturated heterocycles. The Hall–Kier alpha value is -0.180. The van der Waals surface area contributed by atoms with E-state index >= 15 is 0 Å². The van der Waals surface area contributed by atoms with Gasteiger partial charge in [-0.2, -0.15) is 12.6 Å². The van der Waals surface area contributed by atoms with E-state index in [4.69, 9.17) is 0 Å². The molecule has 98 valence electrons. The third-order valence-corrected chi connectivity index (χ3v) is 5.10. The Morgan fingerprint density at radius 2 is 1.94 bits per heavy atom. The van der Waals surface area contributed by atoms with Crippen LogP contribution in [0.1, 0.15) is 57.8 Å². The predicted octanol–water partition coefficient (Wildman–Crippen LogP) is 3.17. The van der Waals surface area contributed by atoms with Crippen LogP contribution >= 0.6 is 12.6 Å². The summed E-state index contributed by atoms with van der Waals surface area (Å²) in [5, 5.41) is 3.09. The van der Waals surface area contributed by atoms with Crippen molar-refractivity contribution in [1.82, 2.24) is 5.32 Å². The molecule has 2 nitrogen and oxygen atoms in total. The molecular weight excluding hydrogens is 230 g/mol. The SMILES string of the molecule is O=C(CC1(CS)CC1)NCCC1CCCCC1. The maximum Gasteiger partial charge on any atom is 0.220 e. The molecule has 2 aliphatic carbocycles. The first-order valence-electron chi connectivity index (χ1n) is 7.12. The summed E-state index contributed by atoms with van der Waals surface area (Å²) >= 11 is 4.33. The van der Waals surface area contributed by atoms with Crippen LogP contribution < -0.4 is 5.32 Å². The van der Waals surface area contributed by atoms with Gasteiger partial charge in [0.05, 0.1) is 0 Å². The van der Waals surface area contributed by atoms with Crippen molar-refractivity contribution in [3.05, 3.63) is 0 Å². The van der Waals surface area contributed by atoms with E-state index in [9.17, 15) is 4.79 Å². The lowest BCUT2D eigenvalue weighted by atomic mass is 9.87. The topological polar surface area (TPSA) is 29.1 Å². The molecule has 1 amide bonds. The number of carbonyl (C=O) groups is 1. The Labute approximate surface area is 110 Å². The van der Waals surface area contributed by atoms with Gasteiger partial charge < -0.3 is 5.32 Å². The Kier molecular flexibility index (Phi) is 4.78. The van der Waals surface area contributed by atoms with Gasteiger partial charge in [-0.25, -0.2) is 0 Å². The van der Waals surface area contributed by atoms with E-state index in [2.05, 4.69) is 17.9 Å². The van der Waals surface area contributed by atoms with E-state index in [0.29, 0.717) is 6.42 Å². The van der Waals surface area contributed by atoms with E-state index in [1.165, 1.54) is 51.4 Å². The first-order chi connectivity index (χ1) is 8.24. The number of thiol groups is 1. The second-order valence-electron chi connectivity index (χ2n) is 5.98. The maximum absolute atomic E-state index is 11.8. The fourth-order valence-electron chi connectivity index (χ4n) is 2.86. The van der Waals surface area contributed by atoms with Crippen LogP contribution in [0, 0.1) is 11.3 Å². The lowest BCUT2D eigenvalue weighted by molar-refractivity contribution is -0.122. The van der Waals surface area contributed by atoms with E-state index in [0.717, 1.165) is 18.2 Å². The minimum absolute atomic E-state index is 0.243. The highest BCUT2D eigenvalue weighted by Gasteiger charge is 2.42. The molecule has 2 aliphatic rings. The summed E-state index contributed by atoms with van der Waals surface area (Å²) in [6.07, 6.45) is 11.2. The molecule has 0 unspecified atom stereocenters. The second-order valence-corrected chi connectivity index (χ2v) is 6.29. The third kappa shape index (κ3) is 4.20. The first-order valence-corrected chi connectivity index (χ1v) is 7.75. The third-order valence-electron chi connectivity index (χ3n) is 4.43. The number of nitrogens with one attached hydrogen (secondary N) is 1. The maximum atomic E-state index is 11.8. The second kappa shape index (κ2) is 6.12. The van der Waals surface area contributed by atoms with Crippen LogP contribution in [-0.2, 0) is 4.79 Å². The summed E-state index contributed by atoms with van der Waals surface area (Å²) in [5.74, 6) is 1.97. The van der Waals surface area contributed by atoms with Crippen molar-refractivity contribution in [3.63, 3.8) is 0 Å². The van der Waals surface area contributed by atoms with Crippen molar-refractivity contribution in [2.75, 3.05) is 12.3 Å². The molecule has 2 fully saturated rings. The van der Waals surface area contributed by atoms with Gasteiger partial charge >= 0.3 is 0 Å². The molecule has 0 atom stereocenters. The molecule has 0 aromatic heterocycles. The van der Waals surface area contributed by atoms with Crippen molar-refractivity contribution in [3.8, 4) is 0 Å². The number of hydrogen-bond acceptors (Lipinski definition) is 2. The molecule has 0 aliphatic heterocycles. The molecule has 0 radical (unpaired) electrons. The van der Waals surface area contributed by atoms with Crippen LogP contribution in [0.25, 0.3) is 0 Å². The van der Waals surface area contributed by atoms with Gasteiger partial charge in [0.25, 0.3) is 0 Å². The Balaban J connectivity index is 1.56. The average molecular weight is 255 g/mol. The Bertz CT molecular complexity index is 257. The summed E-state index contributed by atoms with van der Waals surface area (Å²) < 4.78 is 0. The number of amides is 1. The minimum Gasteiger partial charge on any atom is -0.356 e. The van der Waals surface area contributed by atoms with Gasteiger partial charge in [-0.05, 0) is 36.3 Å². The highest BCUT2D eigenvalue weighted by Crippen LogP contribution is 2.49. The van der Waals surface area contributed by atoms with E-state index in [-0.39, 0.29) is 11.3 Å². The largest absolute Gasteiger partial charge is 0.356 e. The molecule has 3 heteroatoms. The van der Waals surface area contributed by atoms with Crippen LogP contribution in [0.4, 0.5) is 0 Å². The summed E-state index contributed by atoms with van der Waals surface area (Å²) in [5.41, 5.74) is 0.262. The monoisotopic (exact) mass is 255 g/mol. The van der Waals surface area contributed by atoms with Crippen molar-refractivity contribution < 1.29 is 4.79 Å². The average Bonchev–Trinajstić information content (AvgIpc) is 3.11. The molecule has 2 saturated carbocycles. The van der Waals surface area contributed by atoms with Gasteiger partial charge in [0.15, 0.2) is 0 Å². The molecule has 17 heavy (non-hydrogen) atoms. The number of hydrogen-bond donors (Lipinski definition) is 2. The Morgan fingerprint density at radius 3 is 2.53 bits per heavy atom. The van der Waals surface area contributed by atoms with Gasteiger partial charge in [0.2, 0.25) is 5.91 Å². The van der Waals surface area contributed by atoms with Crippen molar-refractivity contribution in [2.45, 2.75) is 57.8 Å². The standard InChI is InChI=1S/C14H25NOS/c16-13(10-14(11-17)7-8-14)15-9-6-12-4-2-1-3-5-12/h12,17H,1-11H2,(H,15,16). The van der Waals surface area contributed by atoms with Gasteiger partial charge in [0, 0.05) is 13.0 Å². The van der Waals surface area contributed by atoms with Gasteiger partial charge in [0.1, 0.15) is 0 Å². The zero-order valence-corrected chi connectivity index (χ0v) is 11.6. The van der Waals surface area contributed by atoms with Gasteiger partial charge in [-0.1, -0.05) is 32.1 Å². The predicted molar refractivity (Wildman–Crippen MR) is 74.3 cm³/mol. The molecule has 0 spiro atoms. The number of carbonyl (C=O) groups excluding carboxylic acids is 1. The van der Waals surface area contributed by atoms with Crippen molar-refractivity contribution >= 4 is 18.5 Å². The highest BCUT2D eigenvalue weighted by molar-refractivity contribution is 7.80. The summed E-state index contributed by atoms with van der Waals surface area (Å²) in [6.45, 7) is 0.881. The van der Waals surface area contributed by atoms with Crippen LogP contribution in [0.5, 0.6) is 0 Å². The molecule has 0 aromatic rings. The molecule has 0 heterocycles. The van der Waals surface area contributed by atoms with Crippen LogP contribution in [-0.4, -0.2) is 18.2 Å². The molecule has 1 N–H and O–H groups in total. The lowest BCUT2D eigenvalue weighted by Gasteiger charge is -2.21. The Morgan fingerprint density at radius 1 is 1.24 bits per heavy atom. The summed E-state index contributed by atoms with van der Waals surface area (Å²) in [7, 11) is 0. The van der Waals surface area contributed by atoms with E-state index < -0.39 is 0 Å². The van der Waals surface area contributed by atoms with E-state index in [1.807, 2.05) is 0 Å². The fourth-order valence-corrected chi connectivity index (χ4v) is 3.29. The van der Waals surface area contributed by atoms with E-state index in [1.54, 1.807) is 0 Å². The van der Waals surface area contributed by atoms with Gasteiger partial charge in [-0.3, -0.25) is 4.79 Å². The van der Waals surface area contributed by atoms with Crippen LogP contribution in [0.3, 0.4) is 0 Å². The fraction of sp³-hybridized carbons (Fsp3) is 0.929. The molecule has 0 aromatic carbocycles. The first kappa shape index (κ1) is 13.3. The zero-order chi connectivity index (χ0) is 12.1. The summed E-state index contributed by atoms with van der Waals surface area (Å²) in [4.78, 5) is 11.8.